The molecule has 0 spiro atoms. The molecule has 41 heavy (non-hydrogen) atoms. The summed E-state index contributed by atoms with van der Waals surface area (Å²) in [5, 5.41) is 12.2. The van der Waals surface area contributed by atoms with Crippen molar-refractivity contribution >= 4 is 17.8 Å². The molecule has 218 valence electrons. The second kappa shape index (κ2) is 11.3. The predicted molar refractivity (Wildman–Crippen MR) is 151 cm³/mol. The Kier molecular flexibility index (Phi) is 7.95. The lowest BCUT2D eigenvalue weighted by atomic mass is 9.79. The quantitative estimate of drug-likeness (QED) is 0.432. The number of amides is 3. The first-order valence-corrected chi connectivity index (χ1v) is 14.5. The van der Waals surface area contributed by atoms with Gasteiger partial charge in [0.25, 0.3) is 0 Å². The molecule has 0 bridgehead atoms. The molecule has 9 heteroatoms. The number of benzene rings is 2. The zero-order valence-corrected chi connectivity index (χ0v) is 24.0. The van der Waals surface area contributed by atoms with Crippen LogP contribution in [0.25, 0.3) is 0 Å². The summed E-state index contributed by atoms with van der Waals surface area (Å²) >= 11 is 0. The van der Waals surface area contributed by atoms with Crippen molar-refractivity contribution in [2.75, 3.05) is 25.0 Å². The van der Waals surface area contributed by atoms with Crippen molar-refractivity contribution < 1.29 is 23.1 Å². The first kappa shape index (κ1) is 28.8. The third-order valence-electron chi connectivity index (χ3n) is 8.87. The molecular weight excluding hydrogens is 526 g/mol. The minimum atomic E-state index is -1.01. The van der Waals surface area contributed by atoms with Crippen molar-refractivity contribution in [1.82, 2.24) is 9.80 Å². The van der Waals surface area contributed by atoms with E-state index in [0.717, 1.165) is 50.7 Å². The second-order valence-electron chi connectivity index (χ2n) is 12.8. The zero-order valence-electron chi connectivity index (χ0n) is 24.0. The van der Waals surface area contributed by atoms with Gasteiger partial charge in [0.2, 0.25) is 0 Å². The Morgan fingerprint density at radius 3 is 2.54 bits per heavy atom. The Bertz CT molecular complexity index is 1350. The SMILES string of the molecule is CC(C)(C)OC(=O)N1CCC(CN(C(=O)Nc2ccc(F)c(F)c2)C2CCC3(c4cccc(C#N)c4)CC3C2)CC1. The first-order valence-electron chi connectivity index (χ1n) is 14.5. The van der Waals surface area contributed by atoms with E-state index in [1.807, 2.05) is 43.9 Å². The number of halogens is 2. The van der Waals surface area contributed by atoms with Crippen LogP contribution >= 0.6 is 0 Å². The maximum atomic E-state index is 13.9. The molecule has 2 aliphatic carbocycles. The number of likely N-dealkylation sites (tertiary alicyclic amines) is 1. The lowest BCUT2D eigenvalue weighted by Gasteiger charge is -2.40. The Morgan fingerprint density at radius 2 is 1.88 bits per heavy atom. The average molecular weight is 565 g/mol. The highest BCUT2D eigenvalue weighted by molar-refractivity contribution is 5.89. The van der Waals surface area contributed by atoms with E-state index in [4.69, 9.17) is 4.74 Å². The number of urea groups is 1. The highest BCUT2D eigenvalue weighted by Crippen LogP contribution is 2.63. The number of nitriles is 1. The molecule has 0 radical (unpaired) electrons. The Morgan fingerprint density at radius 1 is 1.12 bits per heavy atom. The number of anilines is 1. The molecule has 2 saturated carbocycles. The summed E-state index contributed by atoms with van der Waals surface area (Å²) in [7, 11) is 0. The lowest BCUT2D eigenvalue weighted by molar-refractivity contribution is 0.0166. The van der Waals surface area contributed by atoms with Crippen LogP contribution in [0.3, 0.4) is 0 Å². The van der Waals surface area contributed by atoms with Crippen molar-refractivity contribution in [3.63, 3.8) is 0 Å². The van der Waals surface area contributed by atoms with E-state index in [1.165, 1.54) is 11.6 Å². The summed E-state index contributed by atoms with van der Waals surface area (Å²) in [6, 6.07) is 13.1. The fourth-order valence-corrected chi connectivity index (χ4v) is 6.62. The van der Waals surface area contributed by atoms with Gasteiger partial charge in [0.05, 0.1) is 11.6 Å². The standard InChI is InChI=1S/C32H38F2N4O3/c1-31(2,3)41-30(40)37-13-10-21(11-14-37)20-38(29(39)36-25-7-8-27(33)28(34)17-25)26-9-12-32(18-24(32)16-26)23-6-4-5-22(15-23)19-35/h4-8,15,17,21,24,26H,9-14,16,18,20H2,1-3H3,(H,36,39). The molecule has 5 rings (SSSR count). The fourth-order valence-electron chi connectivity index (χ4n) is 6.62. The predicted octanol–water partition coefficient (Wildman–Crippen LogP) is 6.83. The van der Waals surface area contributed by atoms with E-state index >= 15 is 0 Å². The van der Waals surface area contributed by atoms with Crippen LogP contribution in [-0.2, 0) is 10.2 Å². The number of piperidine rings is 1. The van der Waals surface area contributed by atoms with Gasteiger partial charge >= 0.3 is 12.1 Å². The van der Waals surface area contributed by atoms with Crippen LogP contribution < -0.4 is 5.32 Å². The highest BCUT2D eigenvalue weighted by atomic mass is 19.2. The Hall–Kier alpha value is -3.67. The number of nitrogens with one attached hydrogen (secondary N) is 1. The van der Waals surface area contributed by atoms with Crippen LogP contribution in [0.1, 0.15) is 70.4 Å². The molecule has 3 fully saturated rings. The minimum absolute atomic E-state index is 0.00366. The molecule has 0 aromatic heterocycles. The monoisotopic (exact) mass is 564 g/mol. The molecule has 3 atom stereocenters. The van der Waals surface area contributed by atoms with Crippen molar-refractivity contribution in [2.45, 2.75) is 76.4 Å². The molecule has 3 amide bonds. The molecule has 1 heterocycles. The first-order chi connectivity index (χ1) is 19.5. The number of ether oxygens (including phenoxy) is 1. The van der Waals surface area contributed by atoms with Gasteiger partial charge in [0, 0.05) is 37.4 Å². The highest BCUT2D eigenvalue weighted by Gasteiger charge is 2.58. The summed E-state index contributed by atoms with van der Waals surface area (Å²) in [6.45, 7) is 7.18. The van der Waals surface area contributed by atoms with Gasteiger partial charge in [-0.25, -0.2) is 18.4 Å². The van der Waals surface area contributed by atoms with E-state index in [0.29, 0.717) is 31.1 Å². The van der Waals surface area contributed by atoms with Crippen LogP contribution in [0, 0.1) is 34.8 Å². The van der Waals surface area contributed by atoms with E-state index in [1.54, 1.807) is 4.90 Å². The smallest absolute Gasteiger partial charge is 0.410 e. The van der Waals surface area contributed by atoms with Gasteiger partial charge in [-0.2, -0.15) is 5.26 Å². The van der Waals surface area contributed by atoms with E-state index in [-0.39, 0.29) is 35.2 Å². The van der Waals surface area contributed by atoms with E-state index in [9.17, 15) is 23.6 Å². The Labute approximate surface area is 240 Å². The van der Waals surface area contributed by atoms with Gasteiger partial charge < -0.3 is 19.9 Å². The van der Waals surface area contributed by atoms with Crippen LogP contribution in [0.5, 0.6) is 0 Å². The topological polar surface area (TPSA) is 85.7 Å². The molecule has 7 nitrogen and oxygen atoms in total. The molecular formula is C32H38F2N4O3. The van der Waals surface area contributed by atoms with Crippen molar-refractivity contribution in [1.29, 1.82) is 5.26 Å². The van der Waals surface area contributed by atoms with Gasteiger partial charge in [0.15, 0.2) is 11.6 Å². The van der Waals surface area contributed by atoms with Crippen LogP contribution in [0.4, 0.5) is 24.1 Å². The molecule has 1 aliphatic heterocycles. The summed E-state index contributed by atoms with van der Waals surface area (Å²) in [5.41, 5.74) is 1.58. The average Bonchev–Trinajstić information content (AvgIpc) is 3.68. The molecule has 3 unspecified atom stereocenters. The third-order valence-corrected chi connectivity index (χ3v) is 8.87. The van der Waals surface area contributed by atoms with Gasteiger partial charge in [-0.1, -0.05) is 12.1 Å². The largest absolute Gasteiger partial charge is 0.444 e. The summed E-state index contributed by atoms with van der Waals surface area (Å²) < 4.78 is 32.9. The number of nitrogens with zero attached hydrogens (tertiary/aromatic N) is 3. The van der Waals surface area contributed by atoms with Gasteiger partial charge in [-0.15, -0.1) is 0 Å². The number of fused-ring (bicyclic) bond motifs is 1. The van der Waals surface area contributed by atoms with Crippen LogP contribution in [0.15, 0.2) is 42.5 Å². The third kappa shape index (κ3) is 6.47. The molecule has 2 aromatic carbocycles. The lowest BCUT2D eigenvalue weighted by Crippen LogP contribution is -2.49. The number of rotatable bonds is 5. The van der Waals surface area contributed by atoms with Crippen molar-refractivity contribution in [3.05, 3.63) is 65.2 Å². The molecule has 1 saturated heterocycles. The number of hydrogen-bond acceptors (Lipinski definition) is 4. The number of carbonyl (C=O) groups excluding carboxylic acids is 2. The minimum Gasteiger partial charge on any atom is -0.444 e. The second-order valence-corrected chi connectivity index (χ2v) is 12.8. The number of carbonyl (C=O) groups is 2. The zero-order chi connectivity index (χ0) is 29.4. The van der Waals surface area contributed by atoms with E-state index in [2.05, 4.69) is 17.5 Å². The summed E-state index contributed by atoms with van der Waals surface area (Å²) in [6.07, 6.45) is 4.79. The fraction of sp³-hybridized carbons (Fsp3) is 0.531. The molecule has 2 aromatic rings. The van der Waals surface area contributed by atoms with Crippen LogP contribution in [0.2, 0.25) is 0 Å². The molecule has 3 aliphatic rings. The maximum Gasteiger partial charge on any atom is 0.410 e. The van der Waals surface area contributed by atoms with Gasteiger partial charge in [-0.05, 0) is 106 Å². The normalized spacial score (nSPS) is 24.1. The summed E-state index contributed by atoms with van der Waals surface area (Å²) in [5.74, 6) is -1.36. The van der Waals surface area contributed by atoms with Gasteiger partial charge in [-0.3, -0.25) is 0 Å². The molecule has 1 N–H and O–H groups in total. The summed E-state index contributed by atoms with van der Waals surface area (Å²) in [4.78, 5) is 29.8. The maximum absolute atomic E-state index is 13.9. The number of hydrogen-bond donors (Lipinski definition) is 1. The van der Waals surface area contributed by atoms with Crippen molar-refractivity contribution in [2.24, 2.45) is 11.8 Å². The van der Waals surface area contributed by atoms with E-state index < -0.39 is 17.2 Å². The van der Waals surface area contributed by atoms with Crippen LogP contribution in [-0.4, -0.2) is 53.2 Å². The Balaban J connectivity index is 1.28. The van der Waals surface area contributed by atoms with Crippen molar-refractivity contribution in [3.8, 4) is 6.07 Å². The van der Waals surface area contributed by atoms with Gasteiger partial charge in [0.1, 0.15) is 5.60 Å².